The van der Waals surface area contributed by atoms with Crippen molar-refractivity contribution in [3.05, 3.63) is 42.4 Å². The van der Waals surface area contributed by atoms with Gasteiger partial charge in [0.25, 0.3) is 0 Å². The van der Waals surface area contributed by atoms with E-state index < -0.39 is 0 Å². The minimum absolute atomic E-state index is 0.149. The fourth-order valence-corrected chi connectivity index (χ4v) is 3.15. The highest BCUT2D eigenvalue weighted by Crippen LogP contribution is 2.33. The third-order valence-electron chi connectivity index (χ3n) is 4.39. The molecule has 1 unspecified atom stereocenters. The van der Waals surface area contributed by atoms with Crippen molar-refractivity contribution in [2.45, 2.75) is 32.2 Å². The van der Waals surface area contributed by atoms with Gasteiger partial charge in [0.05, 0.1) is 11.9 Å². The summed E-state index contributed by atoms with van der Waals surface area (Å²) in [6, 6.07) is 3.20. The lowest BCUT2D eigenvalue weighted by Crippen LogP contribution is -2.31. The molecule has 1 aliphatic heterocycles. The van der Waals surface area contributed by atoms with E-state index in [4.69, 9.17) is 4.74 Å². The number of carbonyl (C=O) groups is 1. The van der Waals surface area contributed by atoms with E-state index in [0.717, 1.165) is 25.1 Å². The second-order valence-corrected chi connectivity index (χ2v) is 6.20. The first-order chi connectivity index (χ1) is 12.6. The van der Waals surface area contributed by atoms with Crippen LogP contribution in [0.1, 0.15) is 30.4 Å². The van der Waals surface area contributed by atoms with E-state index in [1.165, 1.54) is 6.33 Å². The predicted octanol–water partition coefficient (Wildman–Crippen LogP) is 2.02. The van der Waals surface area contributed by atoms with Crippen LogP contribution in [0.5, 0.6) is 11.6 Å². The molecule has 9 heteroatoms. The van der Waals surface area contributed by atoms with Crippen LogP contribution in [0, 0.1) is 6.92 Å². The molecule has 0 aromatic carbocycles. The molecule has 134 valence electrons. The lowest BCUT2D eigenvalue weighted by Gasteiger charge is -2.22. The highest BCUT2D eigenvalue weighted by molar-refractivity contribution is 5.95. The number of hydrogen-bond donors (Lipinski definition) is 1. The maximum atomic E-state index is 12.9. The molecule has 0 aliphatic carbocycles. The Morgan fingerprint density at radius 1 is 1.42 bits per heavy atom. The van der Waals surface area contributed by atoms with Crippen molar-refractivity contribution in [2.75, 3.05) is 5.32 Å². The van der Waals surface area contributed by atoms with Crippen LogP contribution in [0.15, 0.2) is 30.9 Å². The van der Waals surface area contributed by atoms with Gasteiger partial charge in [-0.1, -0.05) is 0 Å². The SMILES string of the molecule is Cc1nn(C)c(Oc2cccnc2)c1NC(=O)C1CCCc2ncnn21. The minimum Gasteiger partial charge on any atom is -0.436 e. The molecular weight excluding hydrogens is 334 g/mol. The summed E-state index contributed by atoms with van der Waals surface area (Å²) in [7, 11) is 1.77. The lowest BCUT2D eigenvalue weighted by atomic mass is 10.0. The summed E-state index contributed by atoms with van der Waals surface area (Å²) in [5.74, 6) is 1.72. The highest BCUT2D eigenvalue weighted by Gasteiger charge is 2.29. The molecule has 26 heavy (non-hydrogen) atoms. The monoisotopic (exact) mass is 353 g/mol. The normalized spacial score (nSPS) is 16.2. The fraction of sp³-hybridized carbons (Fsp3) is 0.353. The van der Waals surface area contributed by atoms with Crippen molar-refractivity contribution in [3.63, 3.8) is 0 Å². The predicted molar refractivity (Wildman–Crippen MR) is 92.9 cm³/mol. The van der Waals surface area contributed by atoms with Gasteiger partial charge in [-0.15, -0.1) is 0 Å². The Morgan fingerprint density at radius 2 is 2.31 bits per heavy atom. The average Bonchev–Trinajstić information content (AvgIpc) is 3.22. The van der Waals surface area contributed by atoms with Crippen molar-refractivity contribution in [2.24, 2.45) is 7.05 Å². The summed E-state index contributed by atoms with van der Waals surface area (Å²) >= 11 is 0. The first-order valence-corrected chi connectivity index (χ1v) is 8.44. The molecule has 4 rings (SSSR count). The van der Waals surface area contributed by atoms with E-state index in [1.54, 1.807) is 40.9 Å². The van der Waals surface area contributed by atoms with Crippen molar-refractivity contribution in [3.8, 4) is 11.6 Å². The van der Waals surface area contributed by atoms with Crippen LogP contribution < -0.4 is 10.1 Å². The largest absolute Gasteiger partial charge is 0.436 e. The number of anilines is 1. The van der Waals surface area contributed by atoms with Gasteiger partial charge in [-0.3, -0.25) is 9.78 Å². The topological polar surface area (TPSA) is 99.8 Å². The number of aromatic nitrogens is 6. The zero-order chi connectivity index (χ0) is 18.1. The van der Waals surface area contributed by atoms with Gasteiger partial charge in [0.1, 0.15) is 29.6 Å². The van der Waals surface area contributed by atoms with Crippen LogP contribution in [0.25, 0.3) is 0 Å². The molecule has 1 amide bonds. The molecule has 3 aromatic heterocycles. The maximum absolute atomic E-state index is 12.9. The summed E-state index contributed by atoms with van der Waals surface area (Å²) in [5.41, 5.74) is 1.22. The van der Waals surface area contributed by atoms with Gasteiger partial charge in [0, 0.05) is 19.7 Å². The Labute approximate surface area is 150 Å². The molecule has 0 radical (unpaired) electrons. The Bertz CT molecular complexity index is 932. The van der Waals surface area contributed by atoms with Crippen LogP contribution in [-0.4, -0.2) is 35.4 Å². The second kappa shape index (κ2) is 6.58. The van der Waals surface area contributed by atoms with Crippen LogP contribution in [0.2, 0.25) is 0 Å². The van der Waals surface area contributed by atoms with Gasteiger partial charge in [-0.2, -0.15) is 10.2 Å². The number of fused-ring (bicyclic) bond motifs is 1. The van der Waals surface area contributed by atoms with Gasteiger partial charge in [-0.25, -0.2) is 14.3 Å². The average molecular weight is 353 g/mol. The number of hydrogen-bond acceptors (Lipinski definition) is 6. The van der Waals surface area contributed by atoms with Gasteiger partial charge >= 0.3 is 0 Å². The van der Waals surface area contributed by atoms with Crippen molar-refractivity contribution < 1.29 is 9.53 Å². The van der Waals surface area contributed by atoms with Crippen LogP contribution in [0.3, 0.4) is 0 Å². The zero-order valence-corrected chi connectivity index (χ0v) is 14.6. The number of pyridine rings is 1. The van der Waals surface area contributed by atoms with Crippen molar-refractivity contribution in [1.82, 2.24) is 29.5 Å². The van der Waals surface area contributed by atoms with E-state index >= 15 is 0 Å². The molecule has 0 bridgehead atoms. The third kappa shape index (κ3) is 2.92. The Morgan fingerprint density at radius 3 is 3.12 bits per heavy atom. The van der Waals surface area contributed by atoms with Gasteiger partial charge < -0.3 is 10.1 Å². The highest BCUT2D eigenvalue weighted by atomic mass is 16.5. The zero-order valence-electron chi connectivity index (χ0n) is 14.6. The number of ether oxygens (including phenoxy) is 1. The molecule has 1 atom stereocenters. The Kier molecular flexibility index (Phi) is 4.11. The molecule has 0 saturated heterocycles. The molecule has 3 aromatic rings. The van der Waals surface area contributed by atoms with E-state index in [1.807, 2.05) is 6.92 Å². The number of nitrogens with zero attached hydrogens (tertiary/aromatic N) is 6. The van der Waals surface area contributed by atoms with Crippen LogP contribution in [-0.2, 0) is 18.3 Å². The first kappa shape index (κ1) is 16.2. The minimum atomic E-state index is -0.382. The quantitative estimate of drug-likeness (QED) is 0.770. The molecule has 1 aliphatic rings. The first-order valence-electron chi connectivity index (χ1n) is 8.44. The fourth-order valence-electron chi connectivity index (χ4n) is 3.15. The van der Waals surface area contributed by atoms with E-state index in [-0.39, 0.29) is 11.9 Å². The van der Waals surface area contributed by atoms with Gasteiger partial charge in [-0.05, 0) is 31.9 Å². The van der Waals surface area contributed by atoms with E-state index in [2.05, 4.69) is 25.5 Å². The molecule has 0 saturated carbocycles. The summed E-state index contributed by atoms with van der Waals surface area (Å²) in [4.78, 5) is 21.1. The standard InChI is InChI=1S/C17H19N7O2/c1-11-15(17(23(2)22-11)26-12-5-4-8-18-9-12)21-16(25)13-6-3-7-14-19-10-20-24(13)14/h4-5,8-10,13H,3,6-7H2,1-2H3,(H,21,25). The summed E-state index contributed by atoms with van der Waals surface area (Å²) in [5, 5.41) is 11.5. The number of nitrogens with one attached hydrogen (secondary N) is 1. The molecule has 0 spiro atoms. The summed E-state index contributed by atoms with van der Waals surface area (Å²) in [6.45, 7) is 1.83. The van der Waals surface area contributed by atoms with Crippen molar-refractivity contribution >= 4 is 11.6 Å². The van der Waals surface area contributed by atoms with Gasteiger partial charge in [0.15, 0.2) is 0 Å². The van der Waals surface area contributed by atoms with Crippen LogP contribution in [0.4, 0.5) is 5.69 Å². The van der Waals surface area contributed by atoms with E-state index in [9.17, 15) is 4.79 Å². The molecule has 4 heterocycles. The molecular formula is C17H19N7O2. The lowest BCUT2D eigenvalue weighted by molar-refractivity contribution is -0.120. The Balaban J connectivity index is 1.60. The number of carbonyl (C=O) groups excluding carboxylic acids is 1. The number of amides is 1. The third-order valence-corrected chi connectivity index (χ3v) is 4.39. The number of aryl methyl sites for hydroxylation is 3. The van der Waals surface area contributed by atoms with E-state index in [0.29, 0.717) is 23.0 Å². The van der Waals surface area contributed by atoms with Gasteiger partial charge in [0.2, 0.25) is 11.8 Å². The summed E-state index contributed by atoms with van der Waals surface area (Å²) < 4.78 is 9.19. The molecule has 9 nitrogen and oxygen atoms in total. The van der Waals surface area contributed by atoms with Crippen LogP contribution >= 0.6 is 0 Å². The maximum Gasteiger partial charge on any atom is 0.249 e. The smallest absolute Gasteiger partial charge is 0.249 e. The second-order valence-electron chi connectivity index (χ2n) is 6.20. The number of rotatable bonds is 4. The summed E-state index contributed by atoms with van der Waals surface area (Å²) in [6.07, 6.45) is 7.24. The van der Waals surface area contributed by atoms with Crippen molar-refractivity contribution in [1.29, 1.82) is 0 Å². The Hall–Kier alpha value is -3.23. The molecule has 1 N–H and O–H groups in total. The molecule has 0 fully saturated rings.